The number of nitrogens with zero attached hydrogens (tertiary/aromatic N) is 1. The van der Waals surface area contributed by atoms with Gasteiger partial charge in [0.15, 0.2) is 0 Å². The first-order chi connectivity index (χ1) is 8.84. The molecule has 94 valence electrons. The third kappa shape index (κ3) is 2.51. The highest BCUT2D eigenvalue weighted by Gasteiger charge is 2.18. The van der Waals surface area contributed by atoms with Crippen molar-refractivity contribution in [2.75, 3.05) is 6.54 Å². The van der Waals surface area contributed by atoms with E-state index >= 15 is 0 Å². The van der Waals surface area contributed by atoms with Crippen LogP contribution in [0.1, 0.15) is 31.0 Å². The molecule has 0 spiro atoms. The van der Waals surface area contributed by atoms with Gasteiger partial charge >= 0.3 is 0 Å². The Morgan fingerprint density at radius 1 is 1.28 bits per heavy atom. The fourth-order valence-corrected chi connectivity index (χ4v) is 3.83. The van der Waals surface area contributed by atoms with Gasteiger partial charge in [0, 0.05) is 15.4 Å². The van der Waals surface area contributed by atoms with E-state index in [4.69, 9.17) is 4.98 Å². The summed E-state index contributed by atoms with van der Waals surface area (Å²) in [6, 6.07) is 8.72. The van der Waals surface area contributed by atoms with E-state index in [1.807, 2.05) is 6.07 Å². The standard InChI is InChI=1S/C14H15BrN2S/c15-11-6-2-1-5-10(11)14-17-13(9-18-14)12-7-3-4-8-16-12/h1-2,5-6,9,12,16H,3-4,7-8H2. The molecule has 1 saturated heterocycles. The number of halogens is 1. The summed E-state index contributed by atoms with van der Waals surface area (Å²) in [7, 11) is 0. The maximum absolute atomic E-state index is 4.79. The smallest absolute Gasteiger partial charge is 0.124 e. The van der Waals surface area contributed by atoms with Crippen LogP contribution in [0.15, 0.2) is 34.1 Å². The van der Waals surface area contributed by atoms with Crippen molar-refractivity contribution >= 4 is 27.3 Å². The topological polar surface area (TPSA) is 24.9 Å². The molecule has 0 bridgehead atoms. The zero-order valence-corrected chi connectivity index (χ0v) is 12.4. The van der Waals surface area contributed by atoms with Crippen LogP contribution in [0.25, 0.3) is 10.6 Å². The van der Waals surface area contributed by atoms with Crippen LogP contribution in [0.3, 0.4) is 0 Å². The number of benzene rings is 1. The molecule has 1 fully saturated rings. The van der Waals surface area contributed by atoms with Gasteiger partial charge in [-0.1, -0.05) is 40.5 Å². The van der Waals surface area contributed by atoms with Crippen molar-refractivity contribution in [2.24, 2.45) is 0 Å². The molecule has 1 aliphatic rings. The van der Waals surface area contributed by atoms with Gasteiger partial charge in [-0.05, 0) is 25.5 Å². The molecule has 0 saturated carbocycles. The number of hydrogen-bond acceptors (Lipinski definition) is 3. The van der Waals surface area contributed by atoms with Crippen LogP contribution in [-0.2, 0) is 0 Å². The van der Waals surface area contributed by atoms with E-state index in [2.05, 4.69) is 44.8 Å². The second-order valence-corrected chi connectivity index (χ2v) is 6.27. The van der Waals surface area contributed by atoms with Gasteiger partial charge in [0.2, 0.25) is 0 Å². The third-order valence-electron chi connectivity index (χ3n) is 3.29. The largest absolute Gasteiger partial charge is 0.309 e. The predicted octanol–water partition coefficient (Wildman–Crippen LogP) is 4.39. The number of aromatic nitrogens is 1. The molecule has 2 heterocycles. The van der Waals surface area contributed by atoms with Gasteiger partial charge in [0.05, 0.1) is 11.7 Å². The zero-order valence-electron chi connectivity index (χ0n) is 10.0. The number of hydrogen-bond donors (Lipinski definition) is 1. The van der Waals surface area contributed by atoms with E-state index in [0.29, 0.717) is 6.04 Å². The molecule has 3 rings (SSSR count). The highest BCUT2D eigenvalue weighted by molar-refractivity contribution is 9.10. The molecule has 1 atom stereocenters. The van der Waals surface area contributed by atoms with E-state index in [9.17, 15) is 0 Å². The van der Waals surface area contributed by atoms with Crippen LogP contribution in [0.4, 0.5) is 0 Å². The average molecular weight is 323 g/mol. The Kier molecular flexibility index (Phi) is 3.77. The third-order valence-corrected chi connectivity index (χ3v) is 4.88. The molecule has 1 unspecified atom stereocenters. The van der Waals surface area contributed by atoms with E-state index in [-0.39, 0.29) is 0 Å². The lowest BCUT2D eigenvalue weighted by Crippen LogP contribution is -2.26. The van der Waals surface area contributed by atoms with Crippen molar-refractivity contribution in [3.05, 3.63) is 39.8 Å². The van der Waals surface area contributed by atoms with Crippen LogP contribution in [0.2, 0.25) is 0 Å². The molecule has 0 aliphatic carbocycles. The SMILES string of the molecule is Brc1ccccc1-c1nc(C2CCCCN2)cs1. The summed E-state index contributed by atoms with van der Waals surface area (Å²) in [6.07, 6.45) is 3.80. The summed E-state index contributed by atoms with van der Waals surface area (Å²) in [4.78, 5) is 4.79. The molecular weight excluding hydrogens is 308 g/mol. The quantitative estimate of drug-likeness (QED) is 0.887. The van der Waals surface area contributed by atoms with Gasteiger partial charge in [-0.25, -0.2) is 4.98 Å². The first-order valence-electron chi connectivity index (χ1n) is 6.28. The van der Waals surface area contributed by atoms with Crippen molar-refractivity contribution in [3.63, 3.8) is 0 Å². The Morgan fingerprint density at radius 3 is 2.94 bits per heavy atom. The minimum Gasteiger partial charge on any atom is -0.309 e. The molecule has 1 aromatic carbocycles. The normalized spacial score (nSPS) is 19.9. The first kappa shape index (κ1) is 12.3. The fraction of sp³-hybridized carbons (Fsp3) is 0.357. The molecule has 2 nitrogen and oxygen atoms in total. The van der Waals surface area contributed by atoms with E-state index in [0.717, 1.165) is 16.0 Å². The number of thiazole rings is 1. The van der Waals surface area contributed by atoms with Gasteiger partial charge in [-0.15, -0.1) is 11.3 Å². The Morgan fingerprint density at radius 2 is 2.17 bits per heavy atom. The summed E-state index contributed by atoms with van der Waals surface area (Å²) in [5, 5.41) is 6.84. The first-order valence-corrected chi connectivity index (χ1v) is 7.95. The molecule has 1 N–H and O–H groups in total. The van der Waals surface area contributed by atoms with Crippen molar-refractivity contribution < 1.29 is 0 Å². The molecular formula is C14H15BrN2S. The molecule has 4 heteroatoms. The van der Waals surface area contributed by atoms with Gasteiger partial charge in [-0.2, -0.15) is 0 Å². The summed E-state index contributed by atoms with van der Waals surface area (Å²) < 4.78 is 1.11. The number of piperidine rings is 1. The lowest BCUT2D eigenvalue weighted by molar-refractivity contribution is 0.407. The summed E-state index contributed by atoms with van der Waals surface area (Å²) >= 11 is 5.32. The van der Waals surface area contributed by atoms with E-state index < -0.39 is 0 Å². The lowest BCUT2D eigenvalue weighted by Gasteiger charge is -2.21. The Hall–Kier alpha value is -0.710. The highest BCUT2D eigenvalue weighted by atomic mass is 79.9. The van der Waals surface area contributed by atoms with Crippen LogP contribution in [0.5, 0.6) is 0 Å². The predicted molar refractivity (Wildman–Crippen MR) is 79.8 cm³/mol. The Bertz CT molecular complexity index is 532. The van der Waals surface area contributed by atoms with Gasteiger partial charge in [-0.3, -0.25) is 0 Å². The average Bonchev–Trinajstić information content (AvgIpc) is 2.90. The van der Waals surface area contributed by atoms with Gasteiger partial charge in [0.1, 0.15) is 5.01 Å². The summed E-state index contributed by atoms with van der Waals surface area (Å²) in [5.41, 5.74) is 2.38. The van der Waals surface area contributed by atoms with Crippen LogP contribution >= 0.6 is 27.3 Å². The van der Waals surface area contributed by atoms with Crippen molar-refractivity contribution in [1.82, 2.24) is 10.3 Å². The second-order valence-electron chi connectivity index (χ2n) is 4.56. The molecule has 18 heavy (non-hydrogen) atoms. The molecule has 1 aromatic heterocycles. The van der Waals surface area contributed by atoms with Crippen LogP contribution in [0, 0.1) is 0 Å². The Labute approximate surface area is 120 Å². The van der Waals surface area contributed by atoms with Crippen LogP contribution < -0.4 is 5.32 Å². The monoisotopic (exact) mass is 322 g/mol. The van der Waals surface area contributed by atoms with E-state index in [1.165, 1.54) is 30.5 Å². The van der Waals surface area contributed by atoms with Gasteiger partial charge in [0.25, 0.3) is 0 Å². The van der Waals surface area contributed by atoms with Crippen LogP contribution in [-0.4, -0.2) is 11.5 Å². The lowest BCUT2D eigenvalue weighted by atomic mass is 10.0. The minimum atomic E-state index is 0.450. The van der Waals surface area contributed by atoms with Crippen molar-refractivity contribution in [1.29, 1.82) is 0 Å². The second kappa shape index (κ2) is 5.51. The van der Waals surface area contributed by atoms with E-state index in [1.54, 1.807) is 11.3 Å². The zero-order chi connectivity index (χ0) is 12.4. The summed E-state index contributed by atoms with van der Waals surface area (Å²) in [6.45, 7) is 1.12. The summed E-state index contributed by atoms with van der Waals surface area (Å²) in [5.74, 6) is 0. The molecule has 0 amide bonds. The highest BCUT2D eigenvalue weighted by Crippen LogP contribution is 2.33. The van der Waals surface area contributed by atoms with Crippen molar-refractivity contribution in [2.45, 2.75) is 25.3 Å². The maximum Gasteiger partial charge on any atom is 0.124 e. The van der Waals surface area contributed by atoms with Gasteiger partial charge < -0.3 is 5.32 Å². The molecule has 2 aromatic rings. The maximum atomic E-state index is 4.79. The van der Waals surface area contributed by atoms with Crippen molar-refractivity contribution in [3.8, 4) is 10.6 Å². The minimum absolute atomic E-state index is 0.450. The fourth-order valence-electron chi connectivity index (χ4n) is 2.31. The number of rotatable bonds is 2. The Balaban J connectivity index is 1.87. The number of nitrogens with one attached hydrogen (secondary N) is 1. The molecule has 0 radical (unpaired) electrons. The molecule has 1 aliphatic heterocycles.